The summed E-state index contributed by atoms with van der Waals surface area (Å²) < 4.78 is 11.4. The van der Waals surface area contributed by atoms with Crippen molar-refractivity contribution >= 4 is 11.9 Å². The van der Waals surface area contributed by atoms with Crippen LogP contribution in [0.2, 0.25) is 0 Å². The van der Waals surface area contributed by atoms with E-state index in [9.17, 15) is 4.79 Å². The average Bonchev–Trinajstić information content (AvgIpc) is 2.55. The van der Waals surface area contributed by atoms with Gasteiger partial charge in [0, 0.05) is 31.6 Å². The molecule has 2 aliphatic heterocycles. The van der Waals surface area contributed by atoms with E-state index >= 15 is 0 Å². The van der Waals surface area contributed by atoms with Gasteiger partial charge in [0.05, 0.1) is 5.60 Å². The van der Waals surface area contributed by atoms with E-state index < -0.39 is 0 Å². The zero-order valence-electron chi connectivity index (χ0n) is 14.4. The van der Waals surface area contributed by atoms with Crippen molar-refractivity contribution in [2.75, 3.05) is 25.6 Å². The third-order valence-electron chi connectivity index (χ3n) is 4.82. The van der Waals surface area contributed by atoms with Crippen molar-refractivity contribution in [1.29, 1.82) is 0 Å². The minimum Gasteiger partial charge on any atom is -0.381 e. The molecule has 1 aromatic rings. The number of carbonyl (C=O) groups is 1. The van der Waals surface area contributed by atoms with Gasteiger partial charge in [-0.1, -0.05) is 13.8 Å². The number of nitrogens with two attached hydrogens (primary N) is 1. The standard InChI is InChI=1S/C17H26N4O3/c1-11(2)13-9-14(21-16(18)20-13)15(22)19-12-3-6-24-17(10-12)4-7-23-8-5-17/h9,11-12H,3-8,10H2,1-2H3,(H,19,22)(H2,18,20,21)/t12-/m0/s1. The molecule has 3 heterocycles. The summed E-state index contributed by atoms with van der Waals surface area (Å²) >= 11 is 0. The van der Waals surface area contributed by atoms with Crippen LogP contribution in [0.1, 0.15) is 61.6 Å². The average molecular weight is 334 g/mol. The largest absolute Gasteiger partial charge is 0.381 e. The van der Waals surface area contributed by atoms with Gasteiger partial charge < -0.3 is 20.5 Å². The van der Waals surface area contributed by atoms with Crippen molar-refractivity contribution in [3.8, 4) is 0 Å². The molecule has 1 spiro atoms. The number of carbonyl (C=O) groups excluding carboxylic acids is 1. The van der Waals surface area contributed by atoms with Crippen LogP contribution in [0.15, 0.2) is 6.07 Å². The first-order valence-corrected chi connectivity index (χ1v) is 8.64. The molecule has 3 rings (SSSR count). The molecule has 0 saturated carbocycles. The topological polar surface area (TPSA) is 99.4 Å². The van der Waals surface area contributed by atoms with Gasteiger partial charge in [-0.05, 0) is 37.7 Å². The van der Waals surface area contributed by atoms with Crippen LogP contribution in [-0.2, 0) is 9.47 Å². The Bertz CT molecular complexity index is 594. The molecule has 7 heteroatoms. The number of aromatic nitrogens is 2. The molecule has 2 fully saturated rings. The number of hydrogen-bond acceptors (Lipinski definition) is 6. The number of rotatable bonds is 3. The zero-order valence-corrected chi connectivity index (χ0v) is 14.4. The number of amides is 1. The van der Waals surface area contributed by atoms with E-state index in [0.29, 0.717) is 12.3 Å². The lowest BCUT2D eigenvalue weighted by Gasteiger charge is -2.43. The normalized spacial score (nSPS) is 23.4. The highest BCUT2D eigenvalue weighted by molar-refractivity contribution is 5.92. The highest BCUT2D eigenvalue weighted by Crippen LogP contribution is 2.34. The summed E-state index contributed by atoms with van der Waals surface area (Å²) in [6.45, 7) is 6.13. The predicted molar refractivity (Wildman–Crippen MR) is 89.8 cm³/mol. The molecule has 0 aliphatic carbocycles. The van der Waals surface area contributed by atoms with Gasteiger partial charge in [0.1, 0.15) is 5.69 Å². The van der Waals surface area contributed by atoms with Gasteiger partial charge in [-0.15, -0.1) is 0 Å². The van der Waals surface area contributed by atoms with Crippen LogP contribution >= 0.6 is 0 Å². The third-order valence-corrected chi connectivity index (χ3v) is 4.82. The minimum absolute atomic E-state index is 0.0861. The summed E-state index contributed by atoms with van der Waals surface area (Å²) in [6.07, 6.45) is 3.40. The van der Waals surface area contributed by atoms with Gasteiger partial charge in [0.15, 0.2) is 0 Å². The quantitative estimate of drug-likeness (QED) is 0.872. The van der Waals surface area contributed by atoms with Gasteiger partial charge in [-0.25, -0.2) is 9.97 Å². The van der Waals surface area contributed by atoms with Crippen LogP contribution in [0.25, 0.3) is 0 Å². The Morgan fingerprint density at radius 1 is 1.33 bits per heavy atom. The Morgan fingerprint density at radius 3 is 2.79 bits per heavy atom. The molecule has 0 unspecified atom stereocenters. The van der Waals surface area contributed by atoms with Crippen molar-refractivity contribution in [3.63, 3.8) is 0 Å². The van der Waals surface area contributed by atoms with Crippen LogP contribution in [0.5, 0.6) is 0 Å². The number of hydrogen-bond donors (Lipinski definition) is 2. The second kappa shape index (κ2) is 7.03. The summed E-state index contributed by atoms with van der Waals surface area (Å²) in [5.74, 6) is 0.134. The van der Waals surface area contributed by atoms with Crippen LogP contribution < -0.4 is 11.1 Å². The lowest BCUT2D eigenvalue weighted by molar-refractivity contribution is -0.139. The molecular weight excluding hydrogens is 308 g/mol. The first-order valence-electron chi connectivity index (χ1n) is 8.64. The van der Waals surface area contributed by atoms with Gasteiger partial charge in [-0.3, -0.25) is 4.79 Å². The lowest BCUT2D eigenvalue weighted by Crippen LogP contribution is -2.51. The van der Waals surface area contributed by atoms with Crippen molar-refractivity contribution in [3.05, 3.63) is 17.5 Å². The summed E-state index contributed by atoms with van der Waals surface area (Å²) in [4.78, 5) is 20.9. The molecule has 24 heavy (non-hydrogen) atoms. The van der Waals surface area contributed by atoms with Gasteiger partial charge in [0.2, 0.25) is 5.95 Å². The fourth-order valence-electron chi connectivity index (χ4n) is 3.40. The van der Waals surface area contributed by atoms with E-state index in [1.165, 1.54) is 0 Å². The first kappa shape index (κ1) is 17.1. The number of anilines is 1. The van der Waals surface area contributed by atoms with E-state index in [1.54, 1.807) is 6.07 Å². The molecule has 2 saturated heterocycles. The maximum atomic E-state index is 12.6. The molecule has 0 radical (unpaired) electrons. The molecule has 1 amide bonds. The monoisotopic (exact) mass is 334 g/mol. The molecule has 0 aromatic carbocycles. The molecule has 0 bridgehead atoms. The Balaban J connectivity index is 1.68. The number of ether oxygens (including phenoxy) is 2. The summed E-state index contributed by atoms with van der Waals surface area (Å²) in [5.41, 5.74) is 6.70. The van der Waals surface area contributed by atoms with Gasteiger partial charge >= 0.3 is 0 Å². The van der Waals surface area contributed by atoms with Crippen LogP contribution in [0, 0.1) is 0 Å². The minimum atomic E-state index is -0.194. The Kier molecular flexibility index (Phi) is 5.01. The maximum absolute atomic E-state index is 12.6. The SMILES string of the molecule is CC(C)c1cc(C(=O)N[C@H]2CCOC3(CCOCC3)C2)nc(N)n1. The second-order valence-corrected chi connectivity index (χ2v) is 7.00. The molecule has 3 N–H and O–H groups in total. The van der Waals surface area contributed by atoms with E-state index in [1.807, 2.05) is 13.8 Å². The smallest absolute Gasteiger partial charge is 0.270 e. The van der Waals surface area contributed by atoms with E-state index in [4.69, 9.17) is 15.2 Å². The molecular formula is C17H26N4O3. The highest BCUT2D eigenvalue weighted by Gasteiger charge is 2.39. The fourth-order valence-corrected chi connectivity index (χ4v) is 3.40. The zero-order chi connectivity index (χ0) is 17.2. The number of nitrogen functional groups attached to an aromatic ring is 1. The van der Waals surface area contributed by atoms with Gasteiger partial charge in [-0.2, -0.15) is 0 Å². The van der Waals surface area contributed by atoms with Crippen LogP contribution in [0.4, 0.5) is 5.95 Å². The van der Waals surface area contributed by atoms with E-state index in [2.05, 4.69) is 15.3 Å². The van der Waals surface area contributed by atoms with Crippen molar-refractivity contribution in [1.82, 2.24) is 15.3 Å². The van der Waals surface area contributed by atoms with Gasteiger partial charge in [0.25, 0.3) is 5.91 Å². The highest BCUT2D eigenvalue weighted by atomic mass is 16.5. The summed E-state index contributed by atoms with van der Waals surface area (Å²) in [7, 11) is 0. The van der Waals surface area contributed by atoms with Crippen LogP contribution in [0.3, 0.4) is 0 Å². The predicted octanol–water partition coefficient (Wildman–Crippen LogP) is 1.64. The first-order chi connectivity index (χ1) is 11.5. The van der Waals surface area contributed by atoms with E-state index in [0.717, 1.165) is 44.6 Å². The number of nitrogens with zero attached hydrogens (tertiary/aromatic N) is 2. The van der Waals surface area contributed by atoms with E-state index in [-0.39, 0.29) is 29.4 Å². The van der Waals surface area contributed by atoms with Crippen molar-refractivity contribution in [2.24, 2.45) is 0 Å². The summed E-state index contributed by atoms with van der Waals surface area (Å²) in [5, 5.41) is 3.09. The Hall–Kier alpha value is -1.73. The number of nitrogens with one attached hydrogen (secondary N) is 1. The molecule has 2 aliphatic rings. The lowest BCUT2D eigenvalue weighted by atomic mass is 9.84. The Morgan fingerprint density at radius 2 is 2.08 bits per heavy atom. The van der Waals surface area contributed by atoms with Crippen LogP contribution in [-0.4, -0.2) is 47.3 Å². The summed E-state index contributed by atoms with van der Waals surface area (Å²) in [6, 6.07) is 1.81. The Labute approximate surface area is 142 Å². The maximum Gasteiger partial charge on any atom is 0.270 e. The molecule has 1 aromatic heterocycles. The van der Waals surface area contributed by atoms with Crippen molar-refractivity contribution < 1.29 is 14.3 Å². The molecule has 1 atom stereocenters. The fraction of sp³-hybridized carbons (Fsp3) is 0.706. The second-order valence-electron chi connectivity index (χ2n) is 7.00. The molecule has 7 nitrogen and oxygen atoms in total. The third kappa shape index (κ3) is 3.84. The van der Waals surface area contributed by atoms with Crippen molar-refractivity contribution in [2.45, 2.75) is 57.1 Å². The molecule has 132 valence electrons.